The highest BCUT2D eigenvalue weighted by Gasteiger charge is 2.56. The zero-order valence-electron chi connectivity index (χ0n) is 41.1. The predicted octanol–water partition coefficient (Wildman–Crippen LogP) is 10.1. The number of carbonyl (C=O) groups excluding carboxylic acids is 2. The molecule has 4 aliphatic heterocycles. The first-order chi connectivity index (χ1) is 30.9. The third-order valence-corrected chi connectivity index (χ3v) is 15.9. The molecule has 4 aliphatic rings. The fraction of sp³-hybridized carbons (Fsp3) is 0.686. The molecule has 0 aliphatic carbocycles. The van der Waals surface area contributed by atoms with E-state index in [-0.39, 0.29) is 61.3 Å². The minimum atomic E-state index is -4.58. The Kier molecular flexibility index (Phi) is 15.5. The van der Waals surface area contributed by atoms with Gasteiger partial charge in [-0.1, -0.05) is 20.3 Å². The molecule has 1 N–H and O–H groups in total. The predicted molar refractivity (Wildman–Crippen MR) is 249 cm³/mol. The highest BCUT2D eigenvalue weighted by molar-refractivity contribution is 7.47. The molecule has 2 saturated heterocycles. The molecule has 0 bridgehead atoms. The van der Waals surface area contributed by atoms with E-state index in [1.165, 1.54) is 0 Å². The van der Waals surface area contributed by atoms with E-state index >= 15 is 0 Å². The largest absolute Gasteiger partial charge is 0.487 e. The quantitative estimate of drug-likeness (QED) is 0.0982. The van der Waals surface area contributed by atoms with Gasteiger partial charge in [0.1, 0.15) is 22.7 Å². The number of fused-ring (bicyclic) bond motifs is 2. The van der Waals surface area contributed by atoms with Crippen LogP contribution in [0.1, 0.15) is 168 Å². The van der Waals surface area contributed by atoms with E-state index in [1.54, 1.807) is 39.8 Å². The first-order valence-corrected chi connectivity index (χ1v) is 25.4. The van der Waals surface area contributed by atoms with Gasteiger partial charge in [-0.15, -0.1) is 0 Å². The van der Waals surface area contributed by atoms with Crippen LogP contribution in [0.15, 0.2) is 36.4 Å². The number of likely N-dealkylation sites (tertiary alicyclic amines) is 2. The second-order valence-corrected chi connectivity index (χ2v) is 22.5. The van der Waals surface area contributed by atoms with Crippen molar-refractivity contribution < 1.29 is 47.0 Å². The lowest BCUT2D eigenvalue weighted by Crippen LogP contribution is -2.59. The summed E-state index contributed by atoms with van der Waals surface area (Å²) < 4.78 is 51.5. The van der Waals surface area contributed by atoms with Crippen LogP contribution in [0.25, 0.3) is 0 Å². The number of nitriles is 2. The van der Waals surface area contributed by atoms with Crippen LogP contribution in [-0.2, 0) is 32.7 Å². The van der Waals surface area contributed by atoms with Crippen molar-refractivity contribution in [1.82, 2.24) is 9.80 Å². The zero-order chi connectivity index (χ0) is 48.5. The third-order valence-electron chi connectivity index (χ3n) is 14.5. The van der Waals surface area contributed by atoms with Crippen molar-refractivity contribution in [2.75, 3.05) is 32.9 Å². The molecule has 2 aromatic rings. The van der Waals surface area contributed by atoms with E-state index in [4.69, 9.17) is 28.0 Å². The summed E-state index contributed by atoms with van der Waals surface area (Å²) in [5.74, 6) is 1.28. The van der Waals surface area contributed by atoms with Crippen molar-refractivity contribution in [1.29, 1.82) is 10.5 Å². The van der Waals surface area contributed by atoms with Gasteiger partial charge in [0.15, 0.2) is 0 Å². The number of ether oxygens (including phenoxy) is 4. The summed E-state index contributed by atoms with van der Waals surface area (Å²) in [5, 5.41) is 19.5. The van der Waals surface area contributed by atoms with Gasteiger partial charge in [0.05, 0.1) is 64.7 Å². The molecule has 2 fully saturated rings. The minimum Gasteiger partial charge on any atom is -0.487 e. The van der Waals surface area contributed by atoms with Crippen LogP contribution in [0.4, 0.5) is 0 Å². The average Bonchev–Trinajstić information content (AvgIpc) is 3.86. The molecule has 66 heavy (non-hydrogen) atoms. The van der Waals surface area contributed by atoms with E-state index < -0.39 is 35.8 Å². The van der Waals surface area contributed by atoms with Crippen LogP contribution in [0, 0.1) is 40.4 Å². The van der Waals surface area contributed by atoms with E-state index in [1.807, 2.05) is 61.8 Å². The van der Waals surface area contributed by atoms with Gasteiger partial charge in [0.2, 0.25) is 11.8 Å². The highest BCUT2D eigenvalue weighted by Crippen LogP contribution is 2.56. The van der Waals surface area contributed by atoms with Crippen LogP contribution in [-0.4, -0.2) is 87.4 Å². The SMILES string of the molecule is CCC(CCOCCC(C)(C)OP(=O)(O)OC(C)(C)CCOC(C)(CC)C1C(N2CCCC2=O)c2cc(C#N)ccc2OC1(C)C)C1C(N2CCCC2=O)c2cc(C#N)ccc2OC1(C)C. The molecule has 7 unspecified atom stereocenters. The molecule has 4 heterocycles. The van der Waals surface area contributed by atoms with Gasteiger partial charge in [-0.05, 0) is 143 Å². The maximum Gasteiger partial charge on any atom is 0.473 e. The van der Waals surface area contributed by atoms with Crippen molar-refractivity contribution in [3.05, 3.63) is 58.7 Å². The highest BCUT2D eigenvalue weighted by atomic mass is 31.2. The fourth-order valence-corrected chi connectivity index (χ4v) is 12.7. The fourth-order valence-electron chi connectivity index (χ4n) is 11.2. The summed E-state index contributed by atoms with van der Waals surface area (Å²) in [4.78, 5) is 41.6. The Morgan fingerprint density at radius 1 is 0.788 bits per heavy atom. The smallest absolute Gasteiger partial charge is 0.473 e. The van der Waals surface area contributed by atoms with Crippen LogP contribution < -0.4 is 9.47 Å². The molecular weight excluding hydrogens is 860 g/mol. The Morgan fingerprint density at radius 3 is 1.77 bits per heavy atom. The average molecular weight is 933 g/mol. The lowest BCUT2D eigenvalue weighted by Gasteiger charge is -2.54. The Balaban J connectivity index is 1.04. The molecule has 15 heteroatoms. The van der Waals surface area contributed by atoms with Crippen LogP contribution >= 0.6 is 7.82 Å². The van der Waals surface area contributed by atoms with Gasteiger partial charge in [-0.3, -0.25) is 18.6 Å². The van der Waals surface area contributed by atoms with Gasteiger partial charge < -0.3 is 33.6 Å². The summed E-state index contributed by atoms with van der Waals surface area (Å²) in [6, 6.07) is 14.7. The van der Waals surface area contributed by atoms with Gasteiger partial charge in [0.25, 0.3) is 0 Å². The number of hydrogen-bond acceptors (Lipinski definition) is 11. The van der Waals surface area contributed by atoms with Gasteiger partial charge in [-0.2, -0.15) is 10.5 Å². The monoisotopic (exact) mass is 933 g/mol. The maximum absolute atomic E-state index is 13.6. The lowest BCUT2D eigenvalue weighted by atomic mass is 9.67. The standard InChI is InChI=1S/C51H73N4O10P/c1-12-36(43-44(54-25-14-16-41(54)56)37-30-34(32-52)18-20-39(37)62-49(43,7)8)22-27-60-28-23-47(3,4)64-66(58,59)65-48(5,6)24-29-61-51(11,13-2)46-45(55-26-15-17-42(55)57)38-31-35(33-53)19-21-40(38)63-50(46,9)10/h18-21,30-31,36,43-46H,12-17,22-29H2,1-11H3,(H,58,59). The number of amides is 2. The number of nitrogens with zero attached hydrogens (tertiary/aromatic N) is 4. The lowest BCUT2D eigenvalue weighted by molar-refractivity contribution is -0.173. The molecule has 2 aromatic carbocycles. The maximum atomic E-state index is 13.6. The number of benzene rings is 2. The number of hydrogen-bond donors (Lipinski definition) is 1. The number of phosphoric ester groups is 1. The molecule has 0 aromatic heterocycles. The number of rotatable bonds is 20. The first kappa shape index (κ1) is 51.4. The number of phosphoric acid groups is 1. The summed E-state index contributed by atoms with van der Waals surface area (Å²) in [5.41, 5.74) is -1.67. The summed E-state index contributed by atoms with van der Waals surface area (Å²) in [7, 11) is -4.58. The van der Waals surface area contributed by atoms with Crippen LogP contribution in [0.5, 0.6) is 11.5 Å². The molecule has 0 spiro atoms. The molecule has 362 valence electrons. The normalized spacial score (nSPS) is 24.8. The number of carbonyl (C=O) groups is 2. The molecule has 7 atom stereocenters. The van der Waals surface area contributed by atoms with E-state index in [2.05, 4.69) is 32.9 Å². The molecule has 6 rings (SSSR count). The first-order valence-electron chi connectivity index (χ1n) is 23.9. The van der Waals surface area contributed by atoms with Gasteiger partial charge in [0, 0.05) is 56.2 Å². The summed E-state index contributed by atoms with van der Waals surface area (Å²) in [6.07, 6.45) is 5.21. The Labute approximate surface area is 392 Å². The Hall–Kier alpha value is -4.01. The van der Waals surface area contributed by atoms with Crippen LogP contribution in [0.3, 0.4) is 0 Å². The van der Waals surface area contributed by atoms with Gasteiger partial charge in [-0.25, -0.2) is 4.57 Å². The van der Waals surface area contributed by atoms with Crippen molar-refractivity contribution in [3.63, 3.8) is 0 Å². The van der Waals surface area contributed by atoms with E-state index in [0.29, 0.717) is 74.4 Å². The third kappa shape index (κ3) is 11.3. The molecule has 0 radical (unpaired) electrons. The van der Waals surface area contributed by atoms with Crippen molar-refractivity contribution in [3.8, 4) is 23.6 Å². The Morgan fingerprint density at radius 2 is 1.29 bits per heavy atom. The molecule has 0 saturated carbocycles. The van der Waals surface area contributed by atoms with E-state index in [9.17, 15) is 29.6 Å². The zero-order valence-corrected chi connectivity index (χ0v) is 42.0. The van der Waals surface area contributed by atoms with Crippen LogP contribution in [0.2, 0.25) is 0 Å². The second kappa shape index (κ2) is 19.9. The molecule has 14 nitrogen and oxygen atoms in total. The minimum absolute atomic E-state index is 0.0573. The Bertz CT molecular complexity index is 2230. The topological polar surface area (TPSA) is 181 Å². The second-order valence-electron chi connectivity index (χ2n) is 21.2. The van der Waals surface area contributed by atoms with E-state index in [0.717, 1.165) is 30.4 Å². The van der Waals surface area contributed by atoms with Crippen molar-refractivity contribution in [2.24, 2.45) is 17.8 Å². The summed E-state index contributed by atoms with van der Waals surface area (Å²) >= 11 is 0. The molecule has 2 amide bonds. The van der Waals surface area contributed by atoms with Crippen molar-refractivity contribution in [2.45, 2.75) is 174 Å². The van der Waals surface area contributed by atoms with Gasteiger partial charge >= 0.3 is 7.82 Å². The molecular formula is C51H73N4O10P. The summed E-state index contributed by atoms with van der Waals surface area (Å²) in [6.45, 7) is 23.5. The van der Waals surface area contributed by atoms with Crippen molar-refractivity contribution >= 4 is 19.6 Å².